The van der Waals surface area contributed by atoms with Crippen molar-refractivity contribution in [2.75, 3.05) is 5.32 Å². The normalized spacial score (nSPS) is 10.2. The van der Waals surface area contributed by atoms with Gasteiger partial charge in [-0.3, -0.25) is 9.48 Å². The van der Waals surface area contributed by atoms with Gasteiger partial charge in [0.15, 0.2) is 0 Å². The Balaban J connectivity index is 1.67. The van der Waals surface area contributed by atoms with Crippen LogP contribution in [0.3, 0.4) is 0 Å². The predicted octanol–water partition coefficient (Wildman–Crippen LogP) is 3.46. The average molecular weight is 293 g/mol. The van der Waals surface area contributed by atoms with Gasteiger partial charge < -0.3 is 10.1 Å². The molecule has 110 valence electrons. The van der Waals surface area contributed by atoms with Crippen molar-refractivity contribution in [3.05, 3.63) is 72.6 Å². The van der Waals surface area contributed by atoms with Crippen LogP contribution in [-0.4, -0.2) is 15.7 Å². The molecule has 0 radical (unpaired) electrons. The molecular formula is C17H15N3O2. The van der Waals surface area contributed by atoms with E-state index < -0.39 is 0 Å². The van der Waals surface area contributed by atoms with Gasteiger partial charge in [0.2, 0.25) is 0 Å². The fraction of sp³-hybridized carbons (Fsp3) is 0.0588. The third-order valence-electron chi connectivity index (χ3n) is 3.14. The number of carbonyl (C=O) groups is 1. The highest BCUT2D eigenvalue weighted by Crippen LogP contribution is 2.22. The first-order chi connectivity index (χ1) is 10.7. The molecule has 0 aliphatic rings. The van der Waals surface area contributed by atoms with Crippen LogP contribution >= 0.6 is 0 Å². The van der Waals surface area contributed by atoms with E-state index in [1.165, 1.54) is 4.68 Å². The minimum absolute atomic E-state index is 0.197. The number of hydrogen-bond acceptors (Lipinski definition) is 3. The number of nitrogens with one attached hydrogen (secondary N) is 1. The summed E-state index contributed by atoms with van der Waals surface area (Å²) in [6.07, 6.45) is 1.59. The van der Waals surface area contributed by atoms with Crippen molar-refractivity contribution in [3.8, 4) is 11.5 Å². The summed E-state index contributed by atoms with van der Waals surface area (Å²) in [6.45, 7) is 0. The minimum atomic E-state index is -0.197. The van der Waals surface area contributed by atoms with Crippen LogP contribution in [0.1, 0.15) is 10.5 Å². The van der Waals surface area contributed by atoms with E-state index in [9.17, 15) is 4.79 Å². The van der Waals surface area contributed by atoms with Crippen molar-refractivity contribution in [3.63, 3.8) is 0 Å². The lowest BCUT2D eigenvalue weighted by molar-refractivity contribution is 0.101. The second kappa shape index (κ2) is 6.13. The number of para-hydroxylation sites is 1. The summed E-state index contributed by atoms with van der Waals surface area (Å²) >= 11 is 0. The highest BCUT2D eigenvalue weighted by atomic mass is 16.5. The lowest BCUT2D eigenvalue weighted by Crippen LogP contribution is -2.15. The van der Waals surface area contributed by atoms with E-state index in [0.29, 0.717) is 17.1 Å². The van der Waals surface area contributed by atoms with Crippen LogP contribution in [0.5, 0.6) is 11.5 Å². The maximum atomic E-state index is 12.1. The molecule has 1 N–H and O–H groups in total. The Morgan fingerprint density at radius 1 is 1.00 bits per heavy atom. The number of carbonyl (C=O) groups excluding carboxylic acids is 1. The van der Waals surface area contributed by atoms with Gasteiger partial charge in [0.05, 0.1) is 0 Å². The molecule has 5 nitrogen and oxygen atoms in total. The summed E-state index contributed by atoms with van der Waals surface area (Å²) in [6, 6.07) is 18.4. The zero-order valence-electron chi connectivity index (χ0n) is 12.1. The Morgan fingerprint density at radius 2 is 1.68 bits per heavy atom. The lowest BCUT2D eigenvalue weighted by atomic mass is 10.3. The van der Waals surface area contributed by atoms with Gasteiger partial charge in [0.25, 0.3) is 5.91 Å². The molecule has 3 rings (SSSR count). The largest absolute Gasteiger partial charge is 0.457 e. The first-order valence-corrected chi connectivity index (χ1v) is 6.85. The molecule has 1 aromatic heterocycles. The minimum Gasteiger partial charge on any atom is -0.457 e. The molecule has 22 heavy (non-hydrogen) atoms. The monoisotopic (exact) mass is 293 g/mol. The number of aryl methyl sites for hydroxylation is 1. The standard InChI is InChI=1S/C17H15N3O2/c1-20-16(11-12-18-20)17(21)19-13-7-9-15(10-8-13)22-14-5-3-2-4-6-14/h2-12H,1H3,(H,19,21). The van der Waals surface area contributed by atoms with Gasteiger partial charge in [-0.15, -0.1) is 0 Å². The highest BCUT2D eigenvalue weighted by molar-refractivity contribution is 6.03. The molecule has 0 atom stereocenters. The van der Waals surface area contributed by atoms with Crippen molar-refractivity contribution in [1.29, 1.82) is 0 Å². The molecule has 5 heteroatoms. The topological polar surface area (TPSA) is 56.2 Å². The Morgan fingerprint density at radius 3 is 2.32 bits per heavy atom. The van der Waals surface area contributed by atoms with E-state index in [0.717, 1.165) is 5.75 Å². The molecule has 0 spiro atoms. The number of nitrogens with zero attached hydrogens (tertiary/aromatic N) is 2. The molecule has 0 saturated heterocycles. The summed E-state index contributed by atoms with van der Waals surface area (Å²) in [7, 11) is 1.73. The van der Waals surface area contributed by atoms with E-state index in [2.05, 4.69) is 10.4 Å². The molecule has 3 aromatic rings. The summed E-state index contributed by atoms with van der Waals surface area (Å²) in [4.78, 5) is 12.1. The number of amides is 1. The summed E-state index contributed by atoms with van der Waals surface area (Å²) in [5.74, 6) is 1.29. The number of aromatic nitrogens is 2. The van der Waals surface area contributed by atoms with E-state index in [4.69, 9.17) is 4.74 Å². The van der Waals surface area contributed by atoms with Crippen molar-refractivity contribution in [2.24, 2.45) is 7.05 Å². The first-order valence-electron chi connectivity index (χ1n) is 6.85. The van der Waals surface area contributed by atoms with Crippen molar-refractivity contribution < 1.29 is 9.53 Å². The molecule has 0 fully saturated rings. The second-order valence-corrected chi connectivity index (χ2v) is 4.73. The zero-order valence-corrected chi connectivity index (χ0v) is 12.1. The molecule has 0 unspecified atom stereocenters. The number of hydrogen-bond donors (Lipinski definition) is 1. The predicted molar refractivity (Wildman–Crippen MR) is 84.1 cm³/mol. The molecule has 2 aromatic carbocycles. The van der Waals surface area contributed by atoms with Crippen molar-refractivity contribution in [2.45, 2.75) is 0 Å². The number of benzene rings is 2. The van der Waals surface area contributed by atoms with Crippen LogP contribution in [0.25, 0.3) is 0 Å². The van der Waals surface area contributed by atoms with Crippen LogP contribution in [0, 0.1) is 0 Å². The van der Waals surface area contributed by atoms with Crippen LogP contribution in [0.15, 0.2) is 66.9 Å². The van der Waals surface area contributed by atoms with Gasteiger partial charge in [-0.05, 0) is 42.5 Å². The Hall–Kier alpha value is -3.08. The molecule has 0 aliphatic carbocycles. The van der Waals surface area contributed by atoms with E-state index in [-0.39, 0.29) is 5.91 Å². The molecule has 0 bridgehead atoms. The van der Waals surface area contributed by atoms with Gasteiger partial charge in [-0.25, -0.2) is 0 Å². The van der Waals surface area contributed by atoms with Crippen LogP contribution in [0.4, 0.5) is 5.69 Å². The summed E-state index contributed by atoms with van der Waals surface area (Å²) in [5.41, 5.74) is 1.20. The molecule has 1 heterocycles. The Bertz CT molecular complexity index is 764. The molecular weight excluding hydrogens is 278 g/mol. The number of rotatable bonds is 4. The summed E-state index contributed by atoms with van der Waals surface area (Å²) in [5, 5.41) is 6.80. The fourth-order valence-corrected chi connectivity index (χ4v) is 2.02. The van der Waals surface area contributed by atoms with E-state index >= 15 is 0 Å². The lowest BCUT2D eigenvalue weighted by Gasteiger charge is -2.08. The fourth-order valence-electron chi connectivity index (χ4n) is 2.02. The number of ether oxygens (including phenoxy) is 1. The SMILES string of the molecule is Cn1nccc1C(=O)Nc1ccc(Oc2ccccc2)cc1. The van der Waals surface area contributed by atoms with Crippen LogP contribution in [-0.2, 0) is 7.05 Å². The van der Waals surface area contributed by atoms with Gasteiger partial charge >= 0.3 is 0 Å². The zero-order chi connectivity index (χ0) is 15.4. The maximum absolute atomic E-state index is 12.1. The smallest absolute Gasteiger partial charge is 0.273 e. The van der Waals surface area contributed by atoms with Crippen molar-refractivity contribution >= 4 is 11.6 Å². The van der Waals surface area contributed by atoms with Crippen molar-refractivity contribution in [1.82, 2.24) is 9.78 Å². The van der Waals surface area contributed by atoms with Gasteiger partial charge in [-0.1, -0.05) is 18.2 Å². The maximum Gasteiger partial charge on any atom is 0.273 e. The first kappa shape index (κ1) is 13.9. The number of anilines is 1. The van der Waals surface area contributed by atoms with Gasteiger partial charge in [0.1, 0.15) is 17.2 Å². The quantitative estimate of drug-likeness (QED) is 0.801. The molecule has 0 aliphatic heterocycles. The average Bonchev–Trinajstić information content (AvgIpc) is 2.96. The molecule has 1 amide bonds. The van der Waals surface area contributed by atoms with E-state index in [1.54, 1.807) is 31.4 Å². The van der Waals surface area contributed by atoms with Gasteiger partial charge in [0, 0.05) is 18.9 Å². The van der Waals surface area contributed by atoms with Gasteiger partial charge in [-0.2, -0.15) is 5.10 Å². The summed E-state index contributed by atoms with van der Waals surface area (Å²) < 4.78 is 7.23. The Kier molecular flexibility index (Phi) is 3.87. The second-order valence-electron chi connectivity index (χ2n) is 4.73. The van der Waals surface area contributed by atoms with E-state index in [1.807, 2.05) is 42.5 Å². The third-order valence-corrected chi connectivity index (χ3v) is 3.14. The molecule has 0 saturated carbocycles. The Labute approximate surface area is 128 Å². The highest BCUT2D eigenvalue weighted by Gasteiger charge is 2.09. The third kappa shape index (κ3) is 3.15. The van der Waals surface area contributed by atoms with Crippen LogP contribution in [0.2, 0.25) is 0 Å². The van der Waals surface area contributed by atoms with Crippen LogP contribution < -0.4 is 10.1 Å².